The minimum absolute atomic E-state index is 0.132. The van der Waals surface area contributed by atoms with Gasteiger partial charge in [-0.25, -0.2) is 4.79 Å². The zero-order chi connectivity index (χ0) is 19.0. The lowest BCUT2D eigenvalue weighted by Gasteiger charge is -2.23. The van der Waals surface area contributed by atoms with Gasteiger partial charge < -0.3 is 21.3 Å². The molecule has 25 heavy (non-hydrogen) atoms. The van der Waals surface area contributed by atoms with Crippen molar-refractivity contribution in [3.63, 3.8) is 0 Å². The first-order valence-electron chi connectivity index (χ1n) is 8.30. The van der Waals surface area contributed by atoms with Gasteiger partial charge in [-0.2, -0.15) is 0 Å². The Balaban J connectivity index is 2.56. The molecule has 7 nitrogen and oxygen atoms in total. The summed E-state index contributed by atoms with van der Waals surface area (Å²) in [5.74, 6) is -0.813. The fourth-order valence-electron chi connectivity index (χ4n) is 2.10. The van der Waals surface area contributed by atoms with Crippen LogP contribution in [0.5, 0.6) is 0 Å². The number of hydrogen-bond donors (Lipinski definition) is 4. The second-order valence-corrected chi connectivity index (χ2v) is 7.20. The fourth-order valence-corrected chi connectivity index (χ4v) is 2.10. The molecule has 7 heteroatoms. The Morgan fingerprint density at radius 3 is 2.16 bits per heavy atom. The van der Waals surface area contributed by atoms with E-state index in [9.17, 15) is 14.4 Å². The highest BCUT2D eigenvalue weighted by molar-refractivity contribution is 5.94. The Morgan fingerprint density at radius 2 is 1.64 bits per heavy atom. The Labute approximate surface area is 148 Å². The predicted molar refractivity (Wildman–Crippen MR) is 98.1 cm³/mol. The van der Waals surface area contributed by atoms with E-state index >= 15 is 0 Å². The monoisotopic (exact) mass is 348 g/mol. The van der Waals surface area contributed by atoms with Crippen molar-refractivity contribution in [2.45, 2.75) is 46.2 Å². The van der Waals surface area contributed by atoms with Gasteiger partial charge in [0.1, 0.15) is 6.04 Å². The molecule has 1 atom stereocenters. The van der Waals surface area contributed by atoms with Crippen molar-refractivity contribution in [2.75, 3.05) is 11.9 Å². The van der Waals surface area contributed by atoms with Gasteiger partial charge >= 0.3 is 6.03 Å². The van der Waals surface area contributed by atoms with E-state index in [1.807, 2.05) is 40.7 Å². The minimum Gasteiger partial charge on any atom is -0.350 e. The molecule has 0 radical (unpaired) electrons. The van der Waals surface area contributed by atoms with Crippen molar-refractivity contribution >= 4 is 23.5 Å². The van der Waals surface area contributed by atoms with Crippen molar-refractivity contribution in [1.29, 1.82) is 0 Å². The molecular formula is C18H28N4O3. The third kappa shape index (κ3) is 8.19. The number of hydrogen-bond acceptors (Lipinski definition) is 3. The van der Waals surface area contributed by atoms with E-state index in [1.165, 1.54) is 0 Å². The van der Waals surface area contributed by atoms with Crippen molar-refractivity contribution in [3.8, 4) is 0 Å². The van der Waals surface area contributed by atoms with Crippen LogP contribution in [0, 0.1) is 5.92 Å². The smallest absolute Gasteiger partial charge is 0.319 e. The van der Waals surface area contributed by atoms with Crippen LogP contribution in [0.4, 0.5) is 10.5 Å². The van der Waals surface area contributed by atoms with Crippen LogP contribution in [0.3, 0.4) is 0 Å². The van der Waals surface area contributed by atoms with Gasteiger partial charge in [-0.3, -0.25) is 9.59 Å². The fraction of sp³-hybridized carbons (Fsp3) is 0.500. The molecule has 1 rings (SSSR count). The zero-order valence-corrected chi connectivity index (χ0v) is 15.5. The van der Waals surface area contributed by atoms with Crippen LogP contribution in [0.25, 0.3) is 0 Å². The molecule has 0 aliphatic carbocycles. The van der Waals surface area contributed by atoms with Crippen LogP contribution in [0.15, 0.2) is 30.3 Å². The first-order chi connectivity index (χ1) is 11.6. The van der Waals surface area contributed by atoms with Crippen LogP contribution in [-0.4, -0.2) is 36.0 Å². The summed E-state index contributed by atoms with van der Waals surface area (Å²) < 4.78 is 0. The molecule has 0 spiro atoms. The second-order valence-electron chi connectivity index (χ2n) is 7.20. The van der Waals surface area contributed by atoms with Crippen molar-refractivity contribution in [1.82, 2.24) is 16.0 Å². The summed E-state index contributed by atoms with van der Waals surface area (Å²) in [5.41, 5.74) is 0.264. The Morgan fingerprint density at radius 1 is 1.04 bits per heavy atom. The number of amides is 4. The summed E-state index contributed by atoms with van der Waals surface area (Å²) >= 11 is 0. The van der Waals surface area contributed by atoms with E-state index in [0.29, 0.717) is 5.69 Å². The highest BCUT2D eigenvalue weighted by Crippen LogP contribution is 2.06. The van der Waals surface area contributed by atoms with Crippen LogP contribution >= 0.6 is 0 Å². The molecule has 1 unspecified atom stereocenters. The quantitative estimate of drug-likeness (QED) is 0.631. The normalized spacial score (nSPS) is 12.2. The number of carbonyl (C=O) groups is 3. The maximum Gasteiger partial charge on any atom is 0.319 e. The molecule has 0 saturated carbocycles. The highest BCUT2D eigenvalue weighted by Gasteiger charge is 2.25. The summed E-state index contributed by atoms with van der Waals surface area (Å²) in [6.07, 6.45) is 0. The van der Waals surface area contributed by atoms with E-state index in [1.54, 1.807) is 24.3 Å². The van der Waals surface area contributed by atoms with Gasteiger partial charge in [-0.05, 0) is 38.8 Å². The molecule has 138 valence electrons. The first-order valence-corrected chi connectivity index (χ1v) is 8.30. The van der Waals surface area contributed by atoms with Crippen LogP contribution in [0.2, 0.25) is 0 Å². The largest absolute Gasteiger partial charge is 0.350 e. The predicted octanol–water partition coefficient (Wildman–Crippen LogP) is 1.86. The molecule has 4 amide bonds. The van der Waals surface area contributed by atoms with Gasteiger partial charge in [0, 0.05) is 11.2 Å². The first kappa shape index (κ1) is 20.5. The van der Waals surface area contributed by atoms with E-state index in [0.717, 1.165) is 0 Å². The second kappa shape index (κ2) is 9.05. The zero-order valence-electron chi connectivity index (χ0n) is 15.5. The lowest BCUT2D eigenvalue weighted by molar-refractivity contribution is -0.128. The number of para-hydroxylation sites is 1. The standard InChI is InChI=1S/C18H28N4O3/c1-12(2)15(16(24)19-11-14(23)22-18(3,4)5)21-17(25)20-13-9-7-6-8-10-13/h6-10,12,15H,11H2,1-5H3,(H,19,24)(H,22,23)(H2,20,21,25). The summed E-state index contributed by atoms with van der Waals surface area (Å²) in [4.78, 5) is 36.2. The topological polar surface area (TPSA) is 99.3 Å². The van der Waals surface area contributed by atoms with E-state index < -0.39 is 18.0 Å². The molecule has 0 heterocycles. The summed E-state index contributed by atoms with van der Waals surface area (Å²) in [5, 5.41) is 10.6. The summed E-state index contributed by atoms with van der Waals surface area (Å²) in [6, 6.07) is 7.73. The molecule has 0 aliphatic heterocycles. The van der Waals surface area contributed by atoms with Gasteiger partial charge in [0.15, 0.2) is 0 Å². The van der Waals surface area contributed by atoms with Crippen molar-refractivity contribution < 1.29 is 14.4 Å². The lowest BCUT2D eigenvalue weighted by atomic mass is 10.0. The Bertz CT molecular complexity index is 594. The number of rotatable bonds is 6. The molecule has 0 fully saturated rings. The molecule has 0 aromatic heterocycles. The average molecular weight is 348 g/mol. The summed E-state index contributed by atoms with van der Waals surface area (Å²) in [7, 11) is 0. The van der Waals surface area contributed by atoms with E-state index in [4.69, 9.17) is 0 Å². The highest BCUT2D eigenvalue weighted by atomic mass is 16.2. The molecular weight excluding hydrogens is 320 g/mol. The van der Waals surface area contributed by atoms with E-state index in [-0.39, 0.29) is 23.9 Å². The molecule has 4 N–H and O–H groups in total. The maximum atomic E-state index is 12.3. The lowest BCUT2D eigenvalue weighted by Crippen LogP contribution is -2.53. The van der Waals surface area contributed by atoms with Gasteiger partial charge in [-0.1, -0.05) is 32.0 Å². The number of nitrogens with one attached hydrogen (secondary N) is 4. The number of anilines is 1. The van der Waals surface area contributed by atoms with Gasteiger partial charge in [-0.15, -0.1) is 0 Å². The summed E-state index contributed by atoms with van der Waals surface area (Å²) in [6.45, 7) is 9.09. The molecule has 0 aliphatic rings. The Hall–Kier alpha value is -2.57. The minimum atomic E-state index is -0.744. The van der Waals surface area contributed by atoms with Crippen molar-refractivity contribution in [2.24, 2.45) is 5.92 Å². The Kier molecular flexibility index (Phi) is 7.42. The molecule has 1 aromatic rings. The average Bonchev–Trinajstić information content (AvgIpc) is 2.49. The third-order valence-electron chi connectivity index (χ3n) is 3.20. The number of benzene rings is 1. The molecule has 0 bridgehead atoms. The maximum absolute atomic E-state index is 12.3. The van der Waals surface area contributed by atoms with Crippen LogP contribution in [0.1, 0.15) is 34.6 Å². The SMILES string of the molecule is CC(C)C(NC(=O)Nc1ccccc1)C(=O)NCC(=O)NC(C)(C)C. The third-order valence-corrected chi connectivity index (χ3v) is 3.20. The van der Waals surface area contributed by atoms with Crippen LogP contribution < -0.4 is 21.3 Å². The van der Waals surface area contributed by atoms with Gasteiger partial charge in [0.05, 0.1) is 6.54 Å². The molecule has 1 aromatic carbocycles. The van der Waals surface area contributed by atoms with Crippen LogP contribution in [-0.2, 0) is 9.59 Å². The van der Waals surface area contributed by atoms with E-state index in [2.05, 4.69) is 21.3 Å². The number of carbonyl (C=O) groups excluding carboxylic acids is 3. The van der Waals surface area contributed by atoms with Gasteiger partial charge in [0.2, 0.25) is 11.8 Å². The van der Waals surface area contributed by atoms with Gasteiger partial charge in [0.25, 0.3) is 0 Å². The number of urea groups is 1. The van der Waals surface area contributed by atoms with Crippen molar-refractivity contribution in [3.05, 3.63) is 30.3 Å². The molecule has 0 saturated heterocycles.